The van der Waals surface area contributed by atoms with Crippen molar-refractivity contribution in [2.75, 3.05) is 13.2 Å². The summed E-state index contributed by atoms with van der Waals surface area (Å²) in [5.74, 6) is -0.905. The zero-order valence-electron chi connectivity index (χ0n) is 34.1. The van der Waals surface area contributed by atoms with Crippen LogP contribution in [0.5, 0.6) is 11.5 Å². The Kier molecular flexibility index (Phi) is 12.1. The number of aromatic hydroxyl groups is 2. The van der Waals surface area contributed by atoms with E-state index in [9.17, 15) is 30.0 Å². The summed E-state index contributed by atoms with van der Waals surface area (Å²) >= 11 is 11.1. The second-order valence-electron chi connectivity index (χ2n) is 16.0. The minimum absolute atomic E-state index is 0.0426. The van der Waals surface area contributed by atoms with E-state index in [-0.39, 0.29) is 41.1 Å². The monoisotopic (exact) mass is 972 g/mol. The van der Waals surface area contributed by atoms with E-state index < -0.39 is 24.1 Å². The van der Waals surface area contributed by atoms with Crippen LogP contribution in [0.3, 0.4) is 0 Å². The van der Waals surface area contributed by atoms with Crippen molar-refractivity contribution >= 4 is 122 Å². The predicted molar refractivity (Wildman–Crippen MR) is 252 cm³/mol. The fraction of sp³-hybridized carbons (Fsp3) is 0.366. The number of carbonyl (C=O) groups is 2. The van der Waals surface area contributed by atoms with Crippen LogP contribution in [0, 0.1) is 0 Å². The Bertz CT molecular complexity index is 2860. The molecule has 61 heavy (non-hydrogen) atoms. The number of fused-ring (bicyclic) bond motifs is 2. The van der Waals surface area contributed by atoms with Gasteiger partial charge in [0, 0.05) is 25.6 Å². The van der Waals surface area contributed by atoms with Gasteiger partial charge in [0.1, 0.15) is 54.5 Å². The van der Waals surface area contributed by atoms with Crippen molar-refractivity contribution < 1.29 is 39.5 Å². The average molecular weight is 973 g/mol. The molecule has 20 heteroatoms. The molecule has 0 aliphatic carbocycles. The van der Waals surface area contributed by atoms with Gasteiger partial charge in [-0.1, -0.05) is 86.9 Å². The van der Waals surface area contributed by atoms with E-state index in [1.807, 2.05) is 12.1 Å². The van der Waals surface area contributed by atoms with Crippen molar-refractivity contribution in [3.8, 4) is 60.8 Å². The molecule has 320 valence electrons. The molecule has 0 radical (unpaired) electrons. The third kappa shape index (κ3) is 8.81. The molecule has 4 N–H and O–H groups in total. The first-order valence-corrected chi connectivity index (χ1v) is 25.5. The Morgan fingerprint density at radius 2 is 0.967 bits per heavy atom. The van der Waals surface area contributed by atoms with Crippen LogP contribution < -0.4 is 0 Å². The topological polar surface area (TPSA) is 185 Å². The summed E-state index contributed by atoms with van der Waals surface area (Å²) in [6, 6.07) is 7.03. The van der Waals surface area contributed by atoms with E-state index >= 15 is 0 Å². The molecule has 0 aliphatic heterocycles. The molecule has 8 heterocycles. The lowest BCUT2D eigenvalue weighted by molar-refractivity contribution is 0.0294. The van der Waals surface area contributed by atoms with E-state index in [0.717, 1.165) is 21.1 Å². The van der Waals surface area contributed by atoms with Crippen molar-refractivity contribution in [1.29, 1.82) is 0 Å². The van der Waals surface area contributed by atoms with Crippen LogP contribution in [0.4, 0.5) is 0 Å². The Hall–Kier alpha value is -3.70. The zero-order valence-corrected chi connectivity index (χ0v) is 40.6. The Balaban J connectivity index is 1.11. The second kappa shape index (κ2) is 16.8. The smallest absolute Gasteiger partial charge is 0.339 e. The van der Waals surface area contributed by atoms with Gasteiger partial charge in [-0.3, -0.25) is 0 Å². The number of hydrogen-bond donors (Lipinski definition) is 4. The van der Waals surface area contributed by atoms with Crippen molar-refractivity contribution in [3.05, 3.63) is 45.1 Å². The first kappa shape index (κ1) is 43.9. The number of aliphatic hydroxyl groups excluding tert-OH is 2. The van der Waals surface area contributed by atoms with Crippen LogP contribution in [-0.2, 0) is 20.3 Å². The number of carbonyl (C=O) groups excluding carboxylic acids is 2. The molecule has 0 amide bonds. The van der Waals surface area contributed by atoms with Gasteiger partial charge in [-0.2, -0.15) is 0 Å². The summed E-state index contributed by atoms with van der Waals surface area (Å²) in [6.45, 7) is 15.4. The number of hydrogen-bond acceptors (Lipinski definition) is 20. The highest BCUT2D eigenvalue weighted by atomic mass is 32.1. The molecule has 0 aliphatic rings. The van der Waals surface area contributed by atoms with Crippen molar-refractivity contribution in [2.24, 2.45) is 0 Å². The molecule has 0 fully saturated rings. The highest BCUT2D eigenvalue weighted by Crippen LogP contribution is 2.51. The van der Waals surface area contributed by atoms with Crippen molar-refractivity contribution in [2.45, 2.75) is 84.8 Å². The minimum atomic E-state index is -0.861. The van der Waals surface area contributed by atoms with Gasteiger partial charge in [-0.15, -0.1) is 45.3 Å². The van der Waals surface area contributed by atoms with Crippen molar-refractivity contribution in [1.82, 2.24) is 19.9 Å². The van der Waals surface area contributed by atoms with Gasteiger partial charge >= 0.3 is 11.9 Å². The summed E-state index contributed by atoms with van der Waals surface area (Å²) in [5.41, 5.74) is 0.344. The minimum Gasteiger partial charge on any atom is -0.506 e. The van der Waals surface area contributed by atoms with E-state index in [1.165, 1.54) is 86.3 Å². The third-order valence-corrected chi connectivity index (χ3v) is 19.7. The number of thiophene rings is 4. The van der Waals surface area contributed by atoms with Crippen molar-refractivity contribution in [3.63, 3.8) is 0 Å². The van der Waals surface area contributed by atoms with Crippen LogP contribution in [-0.4, -0.2) is 77.7 Å². The number of aromatic nitrogens is 4. The molecule has 8 aromatic heterocycles. The van der Waals surface area contributed by atoms with E-state index in [0.29, 0.717) is 69.3 Å². The lowest BCUT2D eigenvalue weighted by Crippen LogP contribution is -2.15. The Labute approximate surface area is 382 Å². The second-order valence-corrected chi connectivity index (χ2v) is 24.2. The average Bonchev–Trinajstić information content (AvgIpc) is 4.02. The molecule has 0 spiro atoms. The maximum absolute atomic E-state index is 13.5. The maximum Gasteiger partial charge on any atom is 0.339 e. The molecule has 8 rings (SSSR count). The molecule has 0 bridgehead atoms. The Morgan fingerprint density at radius 1 is 0.574 bits per heavy atom. The molecule has 0 saturated carbocycles. The molecule has 0 aromatic carbocycles. The third-order valence-electron chi connectivity index (χ3n) is 9.50. The van der Waals surface area contributed by atoms with Gasteiger partial charge < -0.3 is 29.9 Å². The van der Waals surface area contributed by atoms with Crippen LogP contribution in [0.2, 0.25) is 0 Å². The van der Waals surface area contributed by atoms with Crippen LogP contribution >= 0.6 is 90.7 Å². The predicted octanol–water partition coefficient (Wildman–Crippen LogP) is 11.9. The van der Waals surface area contributed by atoms with Gasteiger partial charge in [-0.25, -0.2) is 29.5 Å². The van der Waals surface area contributed by atoms with Crippen LogP contribution in [0.25, 0.3) is 68.6 Å². The quantitative estimate of drug-likeness (QED) is 0.0803. The van der Waals surface area contributed by atoms with E-state index in [2.05, 4.69) is 41.5 Å². The van der Waals surface area contributed by atoms with E-state index in [4.69, 9.17) is 29.4 Å². The molecular weight excluding hydrogens is 933 g/mol. The van der Waals surface area contributed by atoms with Gasteiger partial charge in [0.25, 0.3) is 0 Å². The molecule has 2 unspecified atom stereocenters. The van der Waals surface area contributed by atoms with Gasteiger partial charge in [0.2, 0.25) is 0 Å². The number of ether oxygens (including phenoxy) is 2. The first-order chi connectivity index (χ1) is 28.8. The van der Waals surface area contributed by atoms with Gasteiger partial charge in [-0.05, 0) is 49.3 Å². The molecule has 2 atom stereocenters. The SMILES string of the molecule is CCC(C)(C)c1cc(O)c(-c2nc3sc(-c4sc(-c5cc(C(=O)OCC(C)O)c(-c6nc7sc(-c8sc(C(C)(C)C)cc8C(=O)OCC(C)O)nc7s6)s5)cc4O)nc3s2)s1. The number of rotatable bonds is 13. The normalized spacial score (nSPS) is 13.4. The fourth-order valence-electron chi connectivity index (χ4n) is 5.81. The summed E-state index contributed by atoms with van der Waals surface area (Å²) in [7, 11) is 0. The zero-order chi connectivity index (χ0) is 43.7. The molecule has 0 saturated heterocycles. The number of esters is 2. The van der Waals surface area contributed by atoms with Gasteiger partial charge in [0.15, 0.2) is 19.3 Å². The van der Waals surface area contributed by atoms with Gasteiger partial charge in [0.05, 0.1) is 33.1 Å². The number of thiazole rings is 4. The fourth-order valence-corrected chi connectivity index (χ4v) is 14.9. The molecule has 12 nitrogen and oxygen atoms in total. The summed E-state index contributed by atoms with van der Waals surface area (Å²) in [6.07, 6.45) is -0.727. The molecular formula is C41H40N4O8S8. The lowest BCUT2D eigenvalue weighted by Gasteiger charge is -2.20. The summed E-state index contributed by atoms with van der Waals surface area (Å²) < 4.78 is 10.9. The maximum atomic E-state index is 13.5. The standard InChI is InChI=1S/C41H40N4O8S8/c1-9-41(7,8)25-13-21(49)29(57-25)33-45-37-36(61-33)44-32(60-37)28-20(48)12-23(55-28)22-10-18(38(50)52-14-16(2)46)26(54-22)30-42-34-35(58-30)43-31(59-34)27-19(39(51)53-15-17(3)47)11-24(56-27)40(4,5)6/h10-13,16-17,46-49H,9,14-15H2,1-8H3. The lowest BCUT2D eigenvalue weighted by atomic mass is 9.88. The van der Waals surface area contributed by atoms with Crippen LogP contribution in [0.1, 0.15) is 92.3 Å². The first-order valence-electron chi connectivity index (χ1n) is 19.0. The number of nitrogens with zero attached hydrogens (tertiary/aromatic N) is 4. The van der Waals surface area contributed by atoms with E-state index in [1.54, 1.807) is 30.4 Å². The van der Waals surface area contributed by atoms with Crippen LogP contribution in [0.15, 0.2) is 24.3 Å². The summed E-state index contributed by atoms with van der Waals surface area (Å²) in [5, 5.41) is 44.1. The number of aliphatic hydroxyl groups is 2. The largest absolute Gasteiger partial charge is 0.506 e. The summed E-state index contributed by atoms with van der Waals surface area (Å²) in [4.78, 5) is 54.8. The molecule has 8 aromatic rings. The highest BCUT2D eigenvalue weighted by Gasteiger charge is 2.30. The Morgan fingerprint density at radius 3 is 1.44 bits per heavy atom. The highest BCUT2D eigenvalue weighted by molar-refractivity contribution is 7.34.